The number of nitrogens with zero attached hydrogens (tertiary/aromatic N) is 2. The molecule has 1 amide bonds. The third-order valence-electron chi connectivity index (χ3n) is 2.49. The Hall–Kier alpha value is -2.61. The molecule has 7 nitrogen and oxygen atoms in total. The average Bonchev–Trinajstić information content (AvgIpc) is 2.92. The van der Waals surface area contributed by atoms with Crippen LogP contribution >= 0.6 is 11.3 Å². The number of thiazole rings is 1. The SMILES string of the molecule is Cc1nc(C(=O)Nc2ccccc2OCC(N)=NO)cs1. The van der Waals surface area contributed by atoms with Crippen molar-refractivity contribution in [2.24, 2.45) is 10.9 Å². The summed E-state index contributed by atoms with van der Waals surface area (Å²) < 4.78 is 5.38. The van der Waals surface area contributed by atoms with Crippen LogP contribution in [0.2, 0.25) is 0 Å². The lowest BCUT2D eigenvalue weighted by Crippen LogP contribution is -2.21. The van der Waals surface area contributed by atoms with Crippen molar-refractivity contribution in [3.05, 3.63) is 40.3 Å². The lowest BCUT2D eigenvalue weighted by Gasteiger charge is -2.11. The van der Waals surface area contributed by atoms with Gasteiger partial charge in [-0.3, -0.25) is 4.79 Å². The molecule has 2 rings (SSSR count). The number of nitrogens with one attached hydrogen (secondary N) is 1. The number of para-hydroxylation sites is 2. The predicted molar refractivity (Wildman–Crippen MR) is 80.2 cm³/mol. The average molecular weight is 306 g/mol. The van der Waals surface area contributed by atoms with Gasteiger partial charge >= 0.3 is 0 Å². The molecule has 1 aromatic heterocycles. The molecule has 110 valence electrons. The standard InChI is InChI=1S/C13H14N4O3S/c1-8-15-10(7-21-8)13(18)16-9-4-2-3-5-11(9)20-6-12(14)17-19/h2-5,7,19H,6H2,1H3,(H2,14,17)(H,16,18). The van der Waals surface area contributed by atoms with E-state index in [2.05, 4.69) is 15.5 Å². The zero-order valence-electron chi connectivity index (χ0n) is 11.2. The van der Waals surface area contributed by atoms with Gasteiger partial charge in [0.2, 0.25) is 0 Å². The van der Waals surface area contributed by atoms with Crippen LogP contribution in [0.5, 0.6) is 5.75 Å². The summed E-state index contributed by atoms with van der Waals surface area (Å²) in [4.78, 5) is 16.2. The van der Waals surface area contributed by atoms with Gasteiger partial charge in [0.25, 0.3) is 5.91 Å². The van der Waals surface area contributed by atoms with Crippen LogP contribution in [-0.2, 0) is 0 Å². The van der Waals surface area contributed by atoms with Crippen LogP contribution in [-0.4, -0.2) is 28.5 Å². The molecule has 21 heavy (non-hydrogen) atoms. The molecule has 0 saturated carbocycles. The first-order valence-corrected chi connectivity index (χ1v) is 6.90. The number of oxime groups is 1. The van der Waals surface area contributed by atoms with Crippen LogP contribution in [0.25, 0.3) is 0 Å². The molecule has 0 fully saturated rings. The third-order valence-corrected chi connectivity index (χ3v) is 3.26. The molecule has 8 heteroatoms. The summed E-state index contributed by atoms with van der Waals surface area (Å²) in [6.07, 6.45) is 0. The second-order valence-electron chi connectivity index (χ2n) is 4.08. The third kappa shape index (κ3) is 3.93. The molecule has 2 aromatic rings. The van der Waals surface area contributed by atoms with Crippen molar-refractivity contribution in [1.29, 1.82) is 0 Å². The molecule has 1 aromatic carbocycles. The fourth-order valence-electron chi connectivity index (χ4n) is 1.53. The molecule has 0 spiro atoms. The van der Waals surface area contributed by atoms with Crippen LogP contribution < -0.4 is 15.8 Å². The number of amidine groups is 1. The number of hydrogen-bond donors (Lipinski definition) is 3. The van der Waals surface area contributed by atoms with Gasteiger partial charge in [-0.05, 0) is 19.1 Å². The Balaban J connectivity index is 2.11. The topological polar surface area (TPSA) is 110 Å². The normalized spacial score (nSPS) is 11.2. The Morgan fingerprint density at radius 2 is 2.29 bits per heavy atom. The van der Waals surface area contributed by atoms with Crippen LogP contribution in [0, 0.1) is 6.92 Å². The number of carbonyl (C=O) groups excluding carboxylic acids is 1. The summed E-state index contributed by atoms with van der Waals surface area (Å²) in [5.41, 5.74) is 6.18. The van der Waals surface area contributed by atoms with Crippen molar-refractivity contribution in [2.75, 3.05) is 11.9 Å². The van der Waals surface area contributed by atoms with Gasteiger partial charge in [-0.25, -0.2) is 4.98 Å². The minimum absolute atomic E-state index is 0.0637. The number of ether oxygens (including phenoxy) is 1. The van der Waals surface area contributed by atoms with Crippen LogP contribution in [0.15, 0.2) is 34.8 Å². The van der Waals surface area contributed by atoms with Gasteiger partial charge in [-0.2, -0.15) is 0 Å². The molecule has 0 aliphatic heterocycles. The summed E-state index contributed by atoms with van der Waals surface area (Å²) in [7, 11) is 0. The zero-order chi connectivity index (χ0) is 15.2. The van der Waals surface area contributed by atoms with Crippen molar-refractivity contribution in [2.45, 2.75) is 6.92 Å². The first kappa shape index (κ1) is 14.8. The van der Waals surface area contributed by atoms with E-state index < -0.39 is 0 Å². The molecule has 4 N–H and O–H groups in total. The molecule has 0 unspecified atom stereocenters. The second-order valence-corrected chi connectivity index (χ2v) is 5.14. The van der Waals surface area contributed by atoms with Crippen LogP contribution in [0.3, 0.4) is 0 Å². The van der Waals surface area contributed by atoms with E-state index in [0.717, 1.165) is 5.01 Å². The Morgan fingerprint density at radius 3 is 2.95 bits per heavy atom. The first-order valence-electron chi connectivity index (χ1n) is 6.02. The highest BCUT2D eigenvalue weighted by Gasteiger charge is 2.12. The smallest absolute Gasteiger partial charge is 0.275 e. The molecule has 0 bridgehead atoms. The molecule has 0 saturated heterocycles. The van der Waals surface area contributed by atoms with E-state index >= 15 is 0 Å². The van der Waals surface area contributed by atoms with Crippen molar-refractivity contribution in [3.8, 4) is 5.75 Å². The fraction of sp³-hybridized carbons (Fsp3) is 0.154. The molecule has 1 heterocycles. The van der Waals surface area contributed by atoms with Gasteiger partial charge in [0, 0.05) is 5.38 Å². The molecular weight excluding hydrogens is 292 g/mol. The van der Waals surface area contributed by atoms with Gasteiger partial charge in [-0.15, -0.1) is 11.3 Å². The Morgan fingerprint density at radius 1 is 1.52 bits per heavy atom. The molecule has 0 aliphatic rings. The number of nitrogens with two attached hydrogens (primary N) is 1. The largest absolute Gasteiger partial charge is 0.483 e. The van der Waals surface area contributed by atoms with Gasteiger partial charge in [0.15, 0.2) is 5.84 Å². The van der Waals surface area contributed by atoms with Gasteiger partial charge in [0.1, 0.15) is 18.1 Å². The van der Waals surface area contributed by atoms with Crippen LogP contribution in [0.1, 0.15) is 15.5 Å². The summed E-state index contributed by atoms with van der Waals surface area (Å²) >= 11 is 1.40. The van der Waals surface area contributed by atoms with E-state index in [9.17, 15) is 4.79 Å². The second kappa shape index (κ2) is 6.71. The highest BCUT2D eigenvalue weighted by atomic mass is 32.1. The zero-order valence-corrected chi connectivity index (χ0v) is 12.1. The Labute approximate surface area is 125 Å². The van der Waals surface area contributed by atoms with Gasteiger partial charge in [0.05, 0.1) is 10.7 Å². The number of hydrogen-bond acceptors (Lipinski definition) is 6. The quantitative estimate of drug-likeness (QED) is 0.338. The van der Waals surface area contributed by atoms with E-state index in [4.69, 9.17) is 15.7 Å². The lowest BCUT2D eigenvalue weighted by atomic mass is 10.3. The van der Waals surface area contributed by atoms with Gasteiger partial charge in [-0.1, -0.05) is 17.3 Å². The molecule has 0 radical (unpaired) electrons. The monoisotopic (exact) mass is 306 g/mol. The van der Waals surface area contributed by atoms with Crippen LogP contribution in [0.4, 0.5) is 5.69 Å². The minimum atomic E-state index is -0.320. The Kier molecular flexibility index (Phi) is 4.72. The number of amides is 1. The van der Waals surface area contributed by atoms with E-state index in [1.165, 1.54) is 11.3 Å². The number of benzene rings is 1. The number of aryl methyl sites for hydroxylation is 1. The fourth-order valence-corrected chi connectivity index (χ4v) is 2.12. The number of rotatable bonds is 5. The number of aromatic nitrogens is 1. The van der Waals surface area contributed by atoms with E-state index in [1.807, 2.05) is 6.92 Å². The summed E-state index contributed by atoms with van der Waals surface area (Å²) in [6, 6.07) is 6.88. The summed E-state index contributed by atoms with van der Waals surface area (Å²) in [5, 5.41) is 16.5. The van der Waals surface area contributed by atoms with Crippen molar-refractivity contribution in [3.63, 3.8) is 0 Å². The predicted octanol–water partition coefficient (Wildman–Crippen LogP) is 1.83. The first-order chi connectivity index (χ1) is 10.1. The summed E-state index contributed by atoms with van der Waals surface area (Å²) in [5.74, 6) is 0.0369. The highest BCUT2D eigenvalue weighted by Crippen LogP contribution is 2.24. The highest BCUT2D eigenvalue weighted by molar-refractivity contribution is 7.09. The summed E-state index contributed by atoms with van der Waals surface area (Å²) in [6.45, 7) is 1.74. The number of anilines is 1. The van der Waals surface area contributed by atoms with E-state index in [-0.39, 0.29) is 18.3 Å². The molecule has 0 atom stereocenters. The van der Waals surface area contributed by atoms with Crippen molar-refractivity contribution in [1.82, 2.24) is 4.98 Å². The minimum Gasteiger partial charge on any atom is -0.483 e. The van der Waals surface area contributed by atoms with Crippen molar-refractivity contribution >= 4 is 28.8 Å². The lowest BCUT2D eigenvalue weighted by molar-refractivity contribution is 0.102. The van der Waals surface area contributed by atoms with Crippen molar-refractivity contribution < 1.29 is 14.7 Å². The number of carbonyl (C=O) groups is 1. The Bertz CT molecular complexity index is 669. The maximum Gasteiger partial charge on any atom is 0.275 e. The van der Waals surface area contributed by atoms with E-state index in [0.29, 0.717) is 17.1 Å². The maximum atomic E-state index is 12.1. The molecular formula is C13H14N4O3S. The van der Waals surface area contributed by atoms with Gasteiger partial charge < -0.3 is 21.0 Å². The maximum absolute atomic E-state index is 12.1. The van der Waals surface area contributed by atoms with E-state index in [1.54, 1.807) is 29.6 Å². The molecule has 0 aliphatic carbocycles.